The lowest BCUT2D eigenvalue weighted by molar-refractivity contribution is -0.184. The summed E-state index contributed by atoms with van der Waals surface area (Å²) in [4.78, 5) is 50.1. The maximum Gasteiger partial charge on any atom is 0.285 e. The van der Waals surface area contributed by atoms with Crippen molar-refractivity contribution in [2.45, 2.75) is 13.3 Å². The molecule has 0 aliphatic carbocycles. The predicted octanol–water partition coefficient (Wildman–Crippen LogP) is 0.855. The third kappa shape index (κ3) is 2.05. The zero-order valence-corrected chi connectivity index (χ0v) is 15.1. The van der Waals surface area contributed by atoms with E-state index in [1.54, 1.807) is 25.1 Å². The topological polar surface area (TPSA) is 115 Å². The van der Waals surface area contributed by atoms with Crippen molar-refractivity contribution in [1.82, 2.24) is 4.90 Å². The highest BCUT2D eigenvalue weighted by molar-refractivity contribution is 6.59. The molecule has 2 heterocycles. The van der Waals surface area contributed by atoms with E-state index < -0.39 is 29.0 Å². The predicted molar refractivity (Wildman–Crippen MR) is 96.5 cm³/mol. The minimum absolute atomic E-state index is 0.0775. The number of hydrogen-bond donors (Lipinski definition) is 2. The van der Waals surface area contributed by atoms with Crippen molar-refractivity contribution in [3.8, 4) is 11.5 Å². The highest BCUT2D eigenvalue weighted by Crippen LogP contribution is 2.48. The number of β-lactam (4-membered cyclic amide) rings is 4. The lowest BCUT2D eigenvalue weighted by atomic mass is 9.69. The standard InChI is InChI=1S/C20H16N2O6/c1-10-3-4-11(8-14(10)23)7-12-5-6-13(15(24)9-12)22-18(27)20(19(22)28)16(25)21(2)17(20)26/h3-6,8-9,23-24H,7H2,1-2H3. The highest BCUT2D eigenvalue weighted by Gasteiger charge is 2.80. The summed E-state index contributed by atoms with van der Waals surface area (Å²) in [5.41, 5.74) is -0.0869. The van der Waals surface area contributed by atoms with Gasteiger partial charge in [-0.2, -0.15) is 0 Å². The van der Waals surface area contributed by atoms with Crippen LogP contribution in [0.1, 0.15) is 16.7 Å². The van der Waals surface area contributed by atoms with Gasteiger partial charge in [0.1, 0.15) is 11.5 Å². The molecule has 2 aliphatic rings. The number of likely N-dealkylation sites (tertiary alicyclic amines) is 1. The van der Waals surface area contributed by atoms with Crippen molar-refractivity contribution in [2.75, 3.05) is 11.9 Å². The van der Waals surface area contributed by atoms with E-state index in [-0.39, 0.29) is 17.2 Å². The zero-order chi connectivity index (χ0) is 20.4. The van der Waals surface area contributed by atoms with Crippen molar-refractivity contribution in [1.29, 1.82) is 0 Å². The SMILES string of the molecule is Cc1ccc(Cc2ccc(N3C(=O)C4(C(=O)N(C)C4=O)C3=O)c(O)c2)cc1O. The first-order valence-corrected chi connectivity index (χ1v) is 8.51. The van der Waals surface area contributed by atoms with E-state index in [0.717, 1.165) is 16.0 Å². The number of carbonyl (C=O) groups excluding carboxylic acids is 4. The fourth-order valence-corrected chi connectivity index (χ4v) is 3.55. The molecule has 8 nitrogen and oxygen atoms in total. The molecular weight excluding hydrogens is 364 g/mol. The summed E-state index contributed by atoms with van der Waals surface area (Å²) in [6, 6.07) is 9.65. The van der Waals surface area contributed by atoms with E-state index in [0.29, 0.717) is 16.9 Å². The number of benzene rings is 2. The lowest BCUT2D eigenvalue weighted by Gasteiger charge is -2.51. The van der Waals surface area contributed by atoms with Crippen molar-refractivity contribution >= 4 is 29.3 Å². The van der Waals surface area contributed by atoms with Crippen LogP contribution in [0.25, 0.3) is 0 Å². The van der Waals surface area contributed by atoms with Gasteiger partial charge in [-0.3, -0.25) is 24.1 Å². The van der Waals surface area contributed by atoms with E-state index in [1.807, 2.05) is 6.07 Å². The molecule has 2 aromatic rings. The molecule has 8 heteroatoms. The Morgan fingerprint density at radius 1 is 0.821 bits per heavy atom. The number of amides is 4. The molecule has 28 heavy (non-hydrogen) atoms. The summed E-state index contributed by atoms with van der Waals surface area (Å²) < 4.78 is 0. The third-order valence-electron chi connectivity index (χ3n) is 5.26. The molecular formula is C20H16N2O6. The molecule has 2 aromatic carbocycles. The molecule has 2 aliphatic heterocycles. The second kappa shape index (κ2) is 5.66. The normalized spacial score (nSPS) is 17.8. The van der Waals surface area contributed by atoms with Gasteiger partial charge in [0, 0.05) is 7.05 Å². The van der Waals surface area contributed by atoms with Gasteiger partial charge in [-0.1, -0.05) is 18.2 Å². The summed E-state index contributed by atoms with van der Waals surface area (Å²) in [5.74, 6) is -3.74. The second-order valence-corrected chi connectivity index (χ2v) is 6.99. The Bertz CT molecular complexity index is 1060. The maximum absolute atomic E-state index is 12.4. The van der Waals surface area contributed by atoms with Crippen LogP contribution in [0.4, 0.5) is 5.69 Å². The highest BCUT2D eigenvalue weighted by atomic mass is 16.3. The number of nitrogens with zero attached hydrogens (tertiary/aromatic N) is 2. The molecule has 0 unspecified atom stereocenters. The van der Waals surface area contributed by atoms with Gasteiger partial charge < -0.3 is 10.2 Å². The number of rotatable bonds is 3. The van der Waals surface area contributed by atoms with Gasteiger partial charge in [-0.15, -0.1) is 0 Å². The van der Waals surface area contributed by atoms with Crippen LogP contribution >= 0.6 is 0 Å². The van der Waals surface area contributed by atoms with Crippen LogP contribution in [-0.2, 0) is 25.6 Å². The van der Waals surface area contributed by atoms with Crippen LogP contribution < -0.4 is 4.90 Å². The Hall–Kier alpha value is -3.68. The first kappa shape index (κ1) is 17.7. The van der Waals surface area contributed by atoms with Crippen LogP contribution in [0.2, 0.25) is 0 Å². The fraction of sp³-hybridized carbons (Fsp3) is 0.200. The van der Waals surface area contributed by atoms with Crippen molar-refractivity contribution in [3.05, 3.63) is 53.1 Å². The number of hydrogen-bond acceptors (Lipinski definition) is 6. The molecule has 4 amide bonds. The van der Waals surface area contributed by atoms with Crippen LogP contribution in [0.15, 0.2) is 36.4 Å². The second-order valence-electron chi connectivity index (χ2n) is 6.99. The summed E-state index contributed by atoms with van der Waals surface area (Å²) in [6.45, 7) is 1.78. The molecule has 0 bridgehead atoms. The van der Waals surface area contributed by atoms with Gasteiger partial charge in [0.2, 0.25) is 0 Å². The Kier molecular flexibility index (Phi) is 3.58. The molecule has 4 rings (SSSR count). The molecule has 1 spiro atoms. The van der Waals surface area contributed by atoms with E-state index in [1.165, 1.54) is 19.2 Å². The van der Waals surface area contributed by atoms with E-state index in [2.05, 4.69) is 0 Å². The van der Waals surface area contributed by atoms with Gasteiger partial charge in [0.15, 0.2) is 0 Å². The minimum Gasteiger partial charge on any atom is -0.508 e. The molecule has 142 valence electrons. The number of aromatic hydroxyl groups is 2. The Morgan fingerprint density at radius 2 is 1.36 bits per heavy atom. The summed E-state index contributed by atoms with van der Waals surface area (Å²) in [5, 5.41) is 20.1. The molecule has 0 aromatic heterocycles. The van der Waals surface area contributed by atoms with Gasteiger partial charge in [0.05, 0.1) is 5.69 Å². The first-order chi connectivity index (χ1) is 13.2. The van der Waals surface area contributed by atoms with E-state index in [9.17, 15) is 29.4 Å². The van der Waals surface area contributed by atoms with Gasteiger partial charge in [0.25, 0.3) is 29.0 Å². The van der Waals surface area contributed by atoms with Crippen LogP contribution in [-0.4, -0.2) is 45.8 Å². The maximum atomic E-state index is 12.4. The van der Waals surface area contributed by atoms with Crippen molar-refractivity contribution < 1.29 is 29.4 Å². The first-order valence-electron chi connectivity index (χ1n) is 8.51. The largest absolute Gasteiger partial charge is 0.508 e. The third-order valence-corrected chi connectivity index (χ3v) is 5.26. The van der Waals surface area contributed by atoms with Crippen LogP contribution in [0.5, 0.6) is 11.5 Å². The summed E-state index contributed by atoms with van der Waals surface area (Å²) in [7, 11) is 1.20. The monoisotopic (exact) mass is 380 g/mol. The van der Waals surface area contributed by atoms with E-state index >= 15 is 0 Å². The molecule has 2 saturated heterocycles. The molecule has 0 atom stereocenters. The van der Waals surface area contributed by atoms with Crippen molar-refractivity contribution in [2.24, 2.45) is 5.41 Å². The minimum atomic E-state index is -2.26. The van der Waals surface area contributed by atoms with Gasteiger partial charge in [-0.05, 0) is 48.2 Å². The molecule has 2 fully saturated rings. The average molecular weight is 380 g/mol. The number of carbonyl (C=O) groups is 4. The summed E-state index contributed by atoms with van der Waals surface area (Å²) >= 11 is 0. The van der Waals surface area contributed by atoms with Gasteiger partial charge in [-0.25, -0.2) is 4.90 Å². The quantitative estimate of drug-likeness (QED) is 0.603. The van der Waals surface area contributed by atoms with Crippen LogP contribution in [0.3, 0.4) is 0 Å². The molecule has 0 saturated carbocycles. The van der Waals surface area contributed by atoms with Crippen molar-refractivity contribution in [3.63, 3.8) is 0 Å². The molecule has 2 N–H and O–H groups in total. The Morgan fingerprint density at radius 3 is 1.89 bits per heavy atom. The number of phenolic OH excluding ortho intramolecular Hbond substituents is 2. The number of imide groups is 2. The lowest BCUT2D eigenvalue weighted by Crippen LogP contribution is -2.83. The Balaban J connectivity index is 1.58. The molecule has 0 radical (unpaired) electrons. The average Bonchev–Trinajstić information content (AvgIpc) is 2.66. The Labute approximate surface area is 159 Å². The summed E-state index contributed by atoms with van der Waals surface area (Å²) in [6.07, 6.45) is 0.412. The smallest absolute Gasteiger partial charge is 0.285 e. The number of aryl methyl sites for hydroxylation is 1. The zero-order valence-electron chi connectivity index (χ0n) is 15.1. The number of anilines is 1. The van der Waals surface area contributed by atoms with Crippen LogP contribution in [0, 0.1) is 12.3 Å². The number of phenols is 2. The fourth-order valence-electron chi connectivity index (χ4n) is 3.55. The van der Waals surface area contributed by atoms with E-state index in [4.69, 9.17) is 0 Å². The van der Waals surface area contributed by atoms with Gasteiger partial charge >= 0.3 is 0 Å².